The lowest BCUT2D eigenvalue weighted by Crippen LogP contribution is -2.38. The molecule has 1 unspecified atom stereocenters. The molecule has 1 aromatic rings. The number of morpholine rings is 1. The Bertz CT molecular complexity index is 631. The maximum Gasteiger partial charge on any atom is 0.228 e. The van der Waals surface area contributed by atoms with Crippen LogP contribution in [0.25, 0.3) is 0 Å². The number of halogens is 3. The van der Waals surface area contributed by atoms with Crippen molar-refractivity contribution in [2.75, 3.05) is 57.1 Å². The minimum Gasteiger partial charge on any atom is -0.379 e. The van der Waals surface area contributed by atoms with E-state index >= 15 is 0 Å². The molecule has 0 bridgehead atoms. The first-order valence-electron chi connectivity index (χ1n) is 8.84. The zero-order valence-electron chi connectivity index (χ0n) is 16.1. The van der Waals surface area contributed by atoms with E-state index in [9.17, 15) is 14.0 Å². The van der Waals surface area contributed by atoms with Crippen molar-refractivity contribution in [1.29, 1.82) is 0 Å². The fourth-order valence-corrected chi connectivity index (χ4v) is 2.66. The smallest absolute Gasteiger partial charge is 0.228 e. The number of carbonyl (C=O) groups excluding carboxylic acids is 2. The minimum absolute atomic E-state index is 0. The molecule has 0 spiro atoms. The summed E-state index contributed by atoms with van der Waals surface area (Å²) in [5.41, 5.74) is 0.513. The highest BCUT2D eigenvalue weighted by Gasteiger charge is 2.15. The SMILES string of the molecule is CNCC(C)C(=O)Nc1ccc(F)c(NC(=O)CCN2CCOCC2)c1.Cl.Cl. The van der Waals surface area contributed by atoms with Crippen LogP contribution in [0, 0.1) is 11.7 Å². The summed E-state index contributed by atoms with van der Waals surface area (Å²) in [4.78, 5) is 26.3. The second-order valence-electron chi connectivity index (χ2n) is 6.39. The molecule has 1 aliphatic rings. The second-order valence-corrected chi connectivity index (χ2v) is 6.39. The van der Waals surface area contributed by atoms with Crippen LogP contribution in [0.15, 0.2) is 18.2 Å². The first-order chi connectivity index (χ1) is 12.5. The predicted molar refractivity (Wildman–Crippen MR) is 113 cm³/mol. The molecule has 7 nitrogen and oxygen atoms in total. The van der Waals surface area contributed by atoms with E-state index in [1.807, 2.05) is 0 Å². The first-order valence-corrected chi connectivity index (χ1v) is 8.84. The van der Waals surface area contributed by atoms with Gasteiger partial charge >= 0.3 is 0 Å². The van der Waals surface area contributed by atoms with Crippen LogP contribution in [0.5, 0.6) is 0 Å². The van der Waals surface area contributed by atoms with Crippen LogP contribution in [0.2, 0.25) is 0 Å². The van der Waals surface area contributed by atoms with Gasteiger partial charge in [0.05, 0.1) is 18.9 Å². The van der Waals surface area contributed by atoms with Crippen LogP contribution in [0.3, 0.4) is 0 Å². The minimum atomic E-state index is -0.536. The Morgan fingerprint density at radius 3 is 2.54 bits per heavy atom. The monoisotopic (exact) mass is 438 g/mol. The number of nitrogens with zero attached hydrogens (tertiary/aromatic N) is 1. The lowest BCUT2D eigenvalue weighted by molar-refractivity contribution is -0.119. The van der Waals surface area contributed by atoms with Gasteiger partial charge in [-0.15, -0.1) is 24.8 Å². The normalized spacial score (nSPS) is 15.0. The fourth-order valence-electron chi connectivity index (χ4n) is 2.66. The number of amides is 2. The lowest BCUT2D eigenvalue weighted by atomic mass is 10.1. The molecular weight excluding hydrogens is 410 g/mol. The van der Waals surface area contributed by atoms with Crippen molar-refractivity contribution >= 4 is 48.0 Å². The van der Waals surface area contributed by atoms with Gasteiger partial charge in [-0.2, -0.15) is 0 Å². The maximum atomic E-state index is 14.0. The Morgan fingerprint density at radius 1 is 1.21 bits per heavy atom. The molecule has 10 heteroatoms. The number of benzene rings is 1. The van der Waals surface area contributed by atoms with Gasteiger partial charge < -0.3 is 20.7 Å². The Kier molecular flexibility index (Phi) is 13.0. The standard InChI is InChI=1S/C18H27FN4O3.2ClH/c1-13(12-20-2)18(25)21-14-3-4-15(19)16(11-14)22-17(24)5-6-23-7-9-26-10-8-23;;/h3-4,11,13,20H,5-10,12H2,1-2H3,(H,21,25)(H,22,24);2*1H. The van der Waals surface area contributed by atoms with Crippen molar-refractivity contribution in [2.24, 2.45) is 5.92 Å². The zero-order chi connectivity index (χ0) is 18.9. The molecule has 160 valence electrons. The van der Waals surface area contributed by atoms with Gasteiger partial charge in [0.1, 0.15) is 5.82 Å². The molecular formula is C18H29Cl2FN4O3. The van der Waals surface area contributed by atoms with Gasteiger partial charge in [-0.1, -0.05) is 6.92 Å². The molecule has 0 aromatic heterocycles. The molecule has 1 heterocycles. The third-order valence-electron chi connectivity index (χ3n) is 4.22. The van der Waals surface area contributed by atoms with E-state index in [1.165, 1.54) is 18.2 Å². The summed E-state index contributed by atoms with van der Waals surface area (Å²) in [5.74, 6) is -1.19. The summed E-state index contributed by atoms with van der Waals surface area (Å²) in [7, 11) is 1.77. The summed E-state index contributed by atoms with van der Waals surface area (Å²) < 4.78 is 19.2. The van der Waals surface area contributed by atoms with Crippen LogP contribution >= 0.6 is 24.8 Å². The Labute approximate surface area is 177 Å². The van der Waals surface area contributed by atoms with Gasteiger partial charge in [-0.3, -0.25) is 14.5 Å². The largest absolute Gasteiger partial charge is 0.379 e. The van der Waals surface area contributed by atoms with Gasteiger partial charge in [0.25, 0.3) is 0 Å². The molecule has 2 rings (SSSR count). The fraction of sp³-hybridized carbons (Fsp3) is 0.556. The molecule has 0 saturated carbocycles. The number of ether oxygens (including phenoxy) is 1. The van der Waals surface area contributed by atoms with E-state index < -0.39 is 5.82 Å². The van der Waals surface area contributed by atoms with Crippen molar-refractivity contribution in [3.8, 4) is 0 Å². The summed E-state index contributed by atoms with van der Waals surface area (Å²) in [5, 5.41) is 8.25. The average molecular weight is 439 g/mol. The summed E-state index contributed by atoms with van der Waals surface area (Å²) in [6.07, 6.45) is 0.273. The lowest BCUT2D eigenvalue weighted by Gasteiger charge is -2.26. The van der Waals surface area contributed by atoms with E-state index in [0.29, 0.717) is 32.0 Å². The molecule has 1 fully saturated rings. The van der Waals surface area contributed by atoms with E-state index in [4.69, 9.17) is 4.74 Å². The molecule has 28 heavy (non-hydrogen) atoms. The summed E-state index contributed by atoms with van der Waals surface area (Å²) in [6.45, 7) is 5.88. The highest BCUT2D eigenvalue weighted by atomic mass is 35.5. The quantitative estimate of drug-likeness (QED) is 0.578. The average Bonchev–Trinajstić information content (AvgIpc) is 2.64. The Hall–Kier alpha value is -1.45. The van der Waals surface area contributed by atoms with Crippen LogP contribution in [-0.4, -0.2) is 63.2 Å². The van der Waals surface area contributed by atoms with Gasteiger partial charge in [-0.05, 0) is 25.2 Å². The highest BCUT2D eigenvalue weighted by Crippen LogP contribution is 2.20. The number of nitrogens with one attached hydrogen (secondary N) is 3. The molecule has 0 radical (unpaired) electrons. The Morgan fingerprint density at radius 2 is 1.89 bits per heavy atom. The van der Waals surface area contributed by atoms with Crippen molar-refractivity contribution in [2.45, 2.75) is 13.3 Å². The second kappa shape index (κ2) is 13.7. The number of carbonyl (C=O) groups is 2. The Balaban J connectivity index is 0.00000364. The molecule has 2 amide bonds. The predicted octanol–water partition coefficient (Wildman–Crippen LogP) is 2.12. The summed E-state index contributed by atoms with van der Waals surface area (Å²) in [6, 6.07) is 4.14. The number of anilines is 2. The van der Waals surface area contributed by atoms with Crippen LogP contribution in [0.4, 0.5) is 15.8 Å². The van der Waals surface area contributed by atoms with Crippen molar-refractivity contribution in [1.82, 2.24) is 10.2 Å². The summed E-state index contributed by atoms with van der Waals surface area (Å²) >= 11 is 0. The van der Waals surface area contributed by atoms with Gasteiger partial charge in [-0.25, -0.2) is 4.39 Å². The molecule has 1 saturated heterocycles. The van der Waals surface area contributed by atoms with Crippen molar-refractivity contribution < 1.29 is 18.7 Å². The third kappa shape index (κ3) is 8.70. The molecule has 3 N–H and O–H groups in total. The van der Waals surface area contributed by atoms with Crippen LogP contribution < -0.4 is 16.0 Å². The van der Waals surface area contributed by atoms with Gasteiger partial charge in [0.2, 0.25) is 11.8 Å². The topological polar surface area (TPSA) is 82.7 Å². The molecule has 1 atom stereocenters. The van der Waals surface area contributed by atoms with Gasteiger partial charge in [0, 0.05) is 44.2 Å². The van der Waals surface area contributed by atoms with E-state index in [2.05, 4.69) is 20.9 Å². The zero-order valence-corrected chi connectivity index (χ0v) is 17.8. The van der Waals surface area contributed by atoms with E-state index in [0.717, 1.165) is 13.1 Å². The molecule has 1 aliphatic heterocycles. The third-order valence-corrected chi connectivity index (χ3v) is 4.22. The molecule has 0 aliphatic carbocycles. The number of hydrogen-bond donors (Lipinski definition) is 3. The van der Waals surface area contributed by atoms with Crippen LogP contribution in [-0.2, 0) is 14.3 Å². The van der Waals surface area contributed by atoms with Crippen molar-refractivity contribution in [3.63, 3.8) is 0 Å². The number of hydrogen-bond acceptors (Lipinski definition) is 5. The van der Waals surface area contributed by atoms with Crippen LogP contribution in [0.1, 0.15) is 13.3 Å². The number of rotatable bonds is 8. The first kappa shape index (κ1) is 26.6. The highest BCUT2D eigenvalue weighted by molar-refractivity contribution is 5.95. The van der Waals surface area contributed by atoms with Gasteiger partial charge in [0.15, 0.2) is 0 Å². The van der Waals surface area contributed by atoms with E-state index in [1.54, 1.807) is 14.0 Å². The van der Waals surface area contributed by atoms with E-state index in [-0.39, 0.29) is 54.7 Å². The molecule has 1 aromatic carbocycles. The van der Waals surface area contributed by atoms with Crippen molar-refractivity contribution in [3.05, 3.63) is 24.0 Å². The maximum absolute atomic E-state index is 14.0.